The van der Waals surface area contributed by atoms with E-state index in [0.29, 0.717) is 10.0 Å². The predicted octanol–water partition coefficient (Wildman–Crippen LogP) is 2.63. The van der Waals surface area contributed by atoms with E-state index in [2.05, 4.69) is 16.9 Å². The van der Waals surface area contributed by atoms with Crippen molar-refractivity contribution in [3.63, 3.8) is 0 Å². The molecule has 0 amide bonds. The first-order valence-electron chi connectivity index (χ1n) is 5.18. The fraction of sp³-hybridized carbons (Fsp3) is 0.364. The number of hydrogen-bond donors (Lipinski definition) is 0. The van der Waals surface area contributed by atoms with Gasteiger partial charge in [0.15, 0.2) is 5.65 Å². The largest absolute Gasteiger partial charge is 0.300 e. The molecule has 0 saturated carbocycles. The molecular weight excluding hydrogens is 245 g/mol. The number of nitrogens with zero attached hydrogens (tertiary/aromatic N) is 3. The monoisotopic (exact) mass is 255 g/mol. The van der Waals surface area contributed by atoms with Crippen LogP contribution in [0.25, 0.3) is 5.65 Å². The highest BCUT2D eigenvalue weighted by atomic mass is 35.5. The molecule has 2 aromatic rings. The van der Waals surface area contributed by atoms with Gasteiger partial charge in [0.1, 0.15) is 0 Å². The van der Waals surface area contributed by atoms with Crippen LogP contribution in [0.3, 0.4) is 0 Å². The van der Waals surface area contributed by atoms with Crippen LogP contribution in [0.2, 0.25) is 10.0 Å². The van der Waals surface area contributed by atoms with Crippen LogP contribution in [-0.2, 0) is 13.0 Å². The van der Waals surface area contributed by atoms with E-state index in [0.717, 1.165) is 30.9 Å². The van der Waals surface area contributed by atoms with E-state index >= 15 is 0 Å². The number of likely N-dealkylation sites (N-methyl/N-ethyl adjacent to an activating group) is 1. The molecule has 3 nitrogen and oxygen atoms in total. The molecule has 0 atom stereocenters. The van der Waals surface area contributed by atoms with Crippen LogP contribution in [0.4, 0.5) is 0 Å². The minimum atomic E-state index is 0.615. The fourth-order valence-electron chi connectivity index (χ4n) is 2.17. The topological polar surface area (TPSA) is 20.5 Å². The third kappa shape index (κ3) is 1.51. The third-order valence-electron chi connectivity index (χ3n) is 2.97. The van der Waals surface area contributed by atoms with Gasteiger partial charge in [0.2, 0.25) is 0 Å². The molecule has 0 spiro atoms. The molecule has 0 aliphatic carbocycles. The summed E-state index contributed by atoms with van der Waals surface area (Å²) in [5.41, 5.74) is 3.15. The lowest BCUT2D eigenvalue weighted by atomic mass is 10.1. The Hall–Kier alpha value is -0.770. The zero-order valence-corrected chi connectivity index (χ0v) is 10.4. The molecule has 0 saturated heterocycles. The zero-order valence-electron chi connectivity index (χ0n) is 8.87. The molecule has 0 unspecified atom stereocenters. The molecule has 5 heteroatoms. The summed E-state index contributed by atoms with van der Waals surface area (Å²) >= 11 is 12.2. The number of aromatic nitrogens is 2. The van der Waals surface area contributed by atoms with Crippen molar-refractivity contribution in [3.8, 4) is 0 Å². The lowest BCUT2D eigenvalue weighted by Gasteiger charge is -2.21. The second-order valence-electron chi connectivity index (χ2n) is 4.19. The van der Waals surface area contributed by atoms with Crippen LogP contribution < -0.4 is 0 Å². The Morgan fingerprint density at radius 2 is 2.19 bits per heavy atom. The summed E-state index contributed by atoms with van der Waals surface area (Å²) in [6.07, 6.45) is 2.86. The van der Waals surface area contributed by atoms with Gasteiger partial charge in [0.25, 0.3) is 0 Å². The second kappa shape index (κ2) is 3.62. The Morgan fingerprint density at radius 3 is 3.00 bits per heavy atom. The van der Waals surface area contributed by atoms with Crippen molar-refractivity contribution in [2.75, 3.05) is 13.6 Å². The molecule has 3 rings (SSSR count). The van der Waals surface area contributed by atoms with Gasteiger partial charge in [-0.3, -0.25) is 4.40 Å². The molecule has 16 heavy (non-hydrogen) atoms. The van der Waals surface area contributed by atoms with Gasteiger partial charge < -0.3 is 4.90 Å². The fourth-order valence-corrected chi connectivity index (χ4v) is 2.68. The van der Waals surface area contributed by atoms with Crippen LogP contribution in [-0.4, -0.2) is 27.9 Å². The summed E-state index contributed by atoms with van der Waals surface area (Å²) in [7, 11) is 2.11. The first-order valence-corrected chi connectivity index (χ1v) is 5.94. The lowest BCUT2D eigenvalue weighted by molar-refractivity contribution is 0.306. The number of imidazole rings is 1. The lowest BCUT2D eigenvalue weighted by Crippen LogP contribution is -2.27. The van der Waals surface area contributed by atoms with Crippen molar-refractivity contribution in [3.05, 3.63) is 33.7 Å². The van der Waals surface area contributed by atoms with Gasteiger partial charge in [-0.05, 0) is 13.1 Å². The first kappa shape index (κ1) is 10.4. The van der Waals surface area contributed by atoms with Crippen molar-refractivity contribution < 1.29 is 0 Å². The maximum absolute atomic E-state index is 6.14. The molecule has 1 aliphatic heterocycles. The molecule has 84 valence electrons. The van der Waals surface area contributed by atoms with Gasteiger partial charge in [0.05, 0.1) is 21.4 Å². The summed E-state index contributed by atoms with van der Waals surface area (Å²) in [6.45, 7) is 1.94. The van der Waals surface area contributed by atoms with Crippen LogP contribution in [0.5, 0.6) is 0 Å². The van der Waals surface area contributed by atoms with E-state index in [4.69, 9.17) is 23.2 Å². The van der Waals surface area contributed by atoms with E-state index in [1.165, 1.54) is 5.69 Å². The maximum atomic E-state index is 6.14. The Bertz CT molecular complexity index is 562. The molecule has 0 radical (unpaired) electrons. The Labute approximate surface area is 104 Å². The van der Waals surface area contributed by atoms with Crippen molar-refractivity contribution in [2.24, 2.45) is 0 Å². The quantitative estimate of drug-likeness (QED) is 0.722. The Kier molecular flexibility index (Phi) is 2.35. The molecule has 1 aliphatic rings. The van der Waals surface area contributed by atoms with E-state index in [9.17, 15) is 0 Å². The number of pyridine rings is 1. The van der Waals surface area contributed by atoms with Crippen LogP contribution in [0.15, 0.2) is 12.3 Å². The normalized spacial score (nSPS) is 16.7. The molecule has 3 heterocycles. The molecule has 0 aromatic carbocycles. The third-order valence-corrected chi connectivity index (χ3v) is 3.46. The summed E-state index contributed by atoms with van der Waals surface area (Å²) < 4.78 is 2.01. The van der Waals surface area contributed by atoms with E-state index in [-0.39, 0.29) is 0 Å². The van der Waals surface area contributed by atoms with Gasteiger partial charge in [-0.15, -0.1) is 0 Å². The van der Waals surface area contributed by atoms with Crippen molar-refractivity contribution in [1.82, 2.24) is 14.3 Å². The van der Waals surface area contributed by atoms with Gasteiger partial charge in [-0.1, -0.05) is 23.2 Å². The highest BCUT2D eigenvalue weighted by Gasteiger charge is 2.20. The number of hydrogen-bond acceptors (Lipinski definition) is 2. The van der Waals surface area contributed by atoms with E-state index in [1.807, 2.05) is 10.6 Å². The summed E-state index contributed by atoms with van der Waals surface area (Å²) in [6, 6.07) is 1.74. The van der Waals surface area contributed by atoms with E-state index in [1.54, 1.807) is 6.07 Å². The Morgan fingerprint density at radius 1 is 1.38 bits per heavy atom. The highest BCUT2D eigenvalue weighted by Crippen LogP contribution is 2.26. The number of fused-ring (bicyclic) bond motifs is 3. The second-order valence-corrected chi connectivity index (χ2v) is 5.04. The van der Waals surface area contributed by atoms with Gasteiger partial charge >= 0.3 is 0 Å². The van der Waals surface area contributed by atoms with Crippen molar-refractivity contribution in [2.45, 2.75) is 13.0 Å². The van der Waals surface area contributed by atoms with Gasteiger partial charge in [-0.2, -0.15) is 0 Å². The SMILES string of the molecule is CN1CCc2nc3c(Cl)cc(Cl)cn3c2C1. The zero-order chi connectivity index (χ0) is 11.3. The predicted molar refractivity (Wildman–Crippen MR) is 65.3 cm³/mol. The van der Waals surface area contributed by atoms with Gasteiger partial charge in [-0.25, -0.2) is 4.98 Å². The molecule has 0 fully saturated rings. The molecule has 2 aromatic heterocycles. The molecule has 0 bridgehead atoms. The smallest absolute Gasteiger partial charge is 0.156 e. The minimum absolute atomic E-state index is 0.615. The molecule has 0 N–H and O–H groups in total. The van der Waals surface area contributed by atoms with Crippen LogP contribution in [0, 0.1) is 0 Å². The standard InChI is InChI=1S/C11H11Cl2N3/c1-15-3-2-9-10(6-15)16-5-7(12)4-8(13)11(16)14-9/h4-5H,2-3,6H2,1H3. The van der Waals surface area contributed by atoms with E-state index < -0.39 is 0 Å². The summed E-state index contributed by atoms with van der Waals surface area (Å²) in [5.74, 6) is 0. The van der Waals surface area contributed by atoms with Crippen molar-refractivity contribution >= 4 is 28.8 Å². The van der Waals surface area contributed by atoms with Gasteiger partial charge in [0, 0.05) is 25.7 Å². The minimum Gasteiger partial charge on any atom is -0.300 e. The Balaban J connectivity index is 2.30. The number of halogens is 2. The maximum Gasteiger partial charge on any atom is 0.156 e. The summed E-state index contributed by atoms with van der Waals surface area (Å²) in [5, 5.41) is 1.26. The molecular formula is C11H11Cl2N3. The van der Waals surface area contributed by atoms with Crippen molar-refractivity contribution in [1.29, 1.82) is 0 Å². The van der Waals surface area contributed by atoms with Crippen LogP contribution >= 0.6 is 23.2 Å². The average Bonchev–Trinajstić information content (AvgIpc) is 2.57. The first-order chi connectivity index (χ1) is 7.65. The number of rotatable bonds is 0. The average molecular weight is 256 g/mol. The van der Waals surface area contributed by atoms with Crippen LogP contribution in [0.1, 0.15) is 11.4 Å². The highest BCUT2D eigenvalue weighted by molar-refractivity contribution is 6.36. The summed E-state index contributed by atoms with van der Waals surface area (Å²) in [4.78, 5) is 6.84.